The van der Waals surface area contributed by atoms with Crippen LogP contribution in [0.5, 0.6) is 0 Å². The van der Waals surface area contributed by atoms with E-state index in [0.29, 0.717) is 30.0 Å². The van der Waals surface area contributed by atoms with Crippen LogP contribution in [-0.4, -0.2) is 53.9 Å². The predicted molar refractivity (Wildman–Crippen MR) is 141 cm³/mol. The van der Waals surface area contributed by atoms with E-state index in [1.807, 2.05) is 19.3 Å². The van der Waals surface area contributed by atoms with Crippen LogP contribution in [0.25, 0.3) is 22.2 Å². The normalized spacial score (nSPS) is 18.7. The monoisotopic (exact) mass is 477 g/mol. The van der Waals surface area contributed by atoms with Crippen LogP contribution in [0.4, 0.5) is 0 Å². The van der Waals surface area contributed by atoms with Gasteiger partial charge in [0.2, 0.25) is 0 Å². The molecule has 2 aromatic heterocycles. The van der Waals surface area contributed by atoms with E-state index in [-0.39, 0.29) is 5.56 Å². The average molecular weight is 478 g/mol. The molecule has 6 nitrogen and oxygen atoms in total. The van der Waals surface area contributed by atoms with E-state index in [1.165, 1.54) is 55.3 Å². The maximum absolute atomic E-state index is 12.5. The minimum Gasteiger partial charge on any atom is -0.381 e. The number of ether oxygens (including phenoxy) is 2. The molecule has 0 aliphatic carbocycles. The van der Waals surface area contributed by atoms with Gasteiger partial charge < -0.3 is 23.9 Å². The van der Waals surface area contributed by atoms with Crippen molar-refractivity contribution in [2.24, 2.45) is 7.05 Å². The van der Waals surface area contributed by atoms with E-state index in [2.05, 4.69) is 41.9 Å². The molecule has 2 saturated heterocycles. The molecule has 0 bridgehead atoms. The summed E-state index contributed by atoms with van der Waals surface area (Å²) in [6.07, 6.45) is 6.73. The van der Waals surface area contributed by atoms with Gasteiger partial charge in [0, 0.05) is 61.6 Å². The predicted octanol–water partition coefficient (Wildman–Crippen LogP) is 5.16. The molecule has 4 heterocycles. The van der Waals surface area contributed by atoms with Crippen LogP contribution >= 0.6 is 0 Å². The van der Waals surface area contributed by atoms with Crippen molar-refractivity contribution in [2.45, 2.75) is 64.0 Å². The molecule has 2 aliphatic rings. The second-order valence-electron chi connectivity index (χ2n) is 10.6. The van der Waals surface area contributed by atoms with Crippen molar-refractivity contribution in [3.8, 4) is 11.3 Å². The van der Waals surface area contributed by atoms with Crippen molar-refractivity contribution < 1.29 is 9.47 Å². The largest absolute Gasteiger partial charge is 0.381 e. The number of H-pyrrole nitrogens is 1. The summed E-state index contributed by atoms with van der Waals surface area (Å²) in [5.41, 5.74) is 6.75. The fourth-order valence-corrected chi connectivity index (χ4v) is 6.14. The molecule has 3 aromatic rings. The molecule has 0 atom stereocenters. The van der Waals surface area contributed by atoms with Gasteiger partial charge in [0.05, 0.1) is 12.3 Å². The Morgan fingerprint density at radius 1 is 1.11 bits per heavy atom. The molecule has 2 fully saturated rings. The lowest BCUT2D eigenvalue weighted by Gasteiger charge is -2.39. The highest BCUT2D eigenvalue weighted by molar-refractivity contribution is 5.92. The number of aryl methyl sites for hydroxylation is 1. The minimum atomic E-state index is -0.00723. The summed E-state index contributed by atoms with van der Waals surface area (Å²) in [5, 5.41) is 1.31. The molecule has 0 amide bonds. The first-order valence-corrected chi connectivity index (χ1v) is 13.1. The first-order valence-electron chi connectivity index (χ1n) is 13.1. The zero-order valence-electron chi connectivity index (χ0n) is 21.6. The molecule has 5 rings (SSSR count). The number of pyridine rings is 1. The molecule has 6 heteroatoms. The van der Waals surface area contributed by atoms with E-state index in [0.717, 1.165) is 30.0 Å². The molecule has 188 valence electrons. The highest BCUT2D eigenvalue weighted by Gasteiger charge is 2.28. The first-order chi connectivity index (χ1) is 17.0. The van der Waals surface area contributed by atoms with Gasteiger partial charge in [-0.25, -0.2) is 0 Å². The van der Waals surface area contributed by atoms with Gasteiger partial charge in [-0.15, -0.1) is 0 Å². The zero-order chi connectivity index (χ0) is 24.5. The Morgan fingerprint density at radius 3 is 2.54 bits per heavy atom. The van der Waals surface area contributed by atoms with Crippen molar-refractivity contribution in [3.05, 3.63) is 57.5 Å². The van der Waals surface area contributed by atoms with Gasteiger partial charge in [-0.05, 0) is 79.9 Å². The van der Waals surface area contributed by atoms with Crippen LogP contribution in [0.15, 0.2) is 35.3 Å². The molecule has 0 spiro atoms. The van der Waals surface area contributed by atoms with Gasteiger partial charge in [-0.3, -0.25) is 4.79 Å². The van der Waals surface area contributed by atoms with E-state index in [4.69, 9.17) is 9.47 Å². The van der Waals surface area contributed by atoms with Crippen LogP contribution < -0.4 is 5.56 Å². The van der Waals surface area contributed by atoms with Crippen molar-refractivity contribution in [2.75, 3.05) is 33.4 Å². The highest BCUT2D eigenvalue weighted by Crippen LogP contribution is 2.38. The number of aromatic amines is 1. The molecular formula is C29H39N3O3. The Hall–Kier alpha value is -2.41. The summed E-state index contributed by atoms with van der Waals surface area (Å²) in [6, 6.07) is 9.69. The van der Waals surface area contributed by atoms with Gasteiger partial charge in [0.25, 0.3) is 5.56 Å². The lowest BCUT2D eigenvalue weighted by Crippen LogP contribution is -2.43. The second-order valence-corrected chi connectivity index (χ2v) is 10.6. The summed E-state index contributed by atoms with van der Waals surface area (Å²) >= 11 is 0. The molecule has 35 heavy (non-hydrogen) atoms. The minimum absolute atomic E-state index is 0.00723. The van der Waals surface area contributed by atoms with Gasteiger partial charge in [0.15, 0.2) is 0 Å². The van der Waals surface area contributed by atoms with Gasteiger partial charge in [0.1, 0.15) is 0 Å². The smallest absolute Gasteiger partial charge is 0.255 e. The molecular weight excluding hydrogens is 438 g/mol. The van der Waals surface area contributed by atoms with Crippen molar-refractivity contribution >= 4 is 10.9 Å². The Morgan fingerprint density at radius 2 is 1.86 bits per heavy atom. The van der Waals surface area contributed by atoms with E-state index < -0.39 is 0 Å². The molecule has 1 aromatic carbocycles. The van der Waals surface area contributed by atoms with Crippen molar-refractivity contribution in [1.82, 2.24) is 14.5 Å². The van der Waals surface area contributed by atoms with Gasteiger partial charge >= 0.3 is 0 Å². The number of methoxy groups -OCH3 is 1. The molecule has 0 radical (unpaired) electrons. The lowest BCUT2D eigenvalue weighted by molar-refractivity contribution is 0.0252. The van der Waals surface area contributed by atoms with Gasteiger partial charge in [-0.1, -0.05) is 19.9 Å². The fourth-order valence-electron chi connectivity index (χ4n) is 6.14. The number of likely N-dealkylation sites (tertiary alicyclic amines) is 1. The third-order valence-corrected chi connectivity index (χ3v) is 7.99. The lowest BCUT2D eigenvalue weighted by atomic mass is 9.86. The van der Waals surface area contributed by atoms with E-state index in [1.54, 1.807) is 11.7 Å². The van der Waals surface area contributed by atoms with Crippen LogP contribution in [-0.2, 0) is 23.1 Å². The number of piperidine rings is 1. The maximum Gasteiger partial charge on any atom is 0.255 e. The van der Waals surface area contributed by atoms with Crippen LogP contribution in [0.2, 0.25) is 0 Å². The molecule has 0 unspecified atom stereocenters. The third-order valence-electron chi connectivity index (χ3n) is 7.99. The van der Waals surface area contributed by atoms with Crippen LogP contribution in [0.3, 0.4) is 0 Å². The topological polar surface area (TPSA) is 59.5 Å². The number of benzene rings is 1. The highest BCUT2D eigenvalue weighted by atomic mass is 16.5. The standard InChI is InChI=1S/C29H39N3O3/c1-19(2)27-25-16-21(20-7-11-32(12-8-20)24-9-13-35-14-10-24)5-6-26(25)30-28(27)22-15-23(18-34-4)29(33)31(3)17-22/h5-6,15-17,19-20,24,30H,7-14,18H2,1-4H3. The van der Waals surface area contributed by atoms with Gasteiger partial charge in [-0.2, -0.15) is 0 Å². The number of rotatable bonds is 6. The Bertz CT molecular complexity index is 1230. The number of fused-ring (bicyclic) bond motifs is 1. The van der Waals surface area contributed by atoms with Crippen molar-refractivity contribution in [1.29, 1.82) is 0 Å². The first kappa shape index (κ1) is 24.3. The summed E-state index contributed by atoms with van der Waals surface area (Å²) < 4.78 is 12.5. The summed E-state index contributed by atoms with van der Waals surface area (Å²) in [4.78, 5) is 18.9. The number of aromatic nitrogens is 2. The summed E-state index contributed by atoms with van der Waals surface area (Å²) in [5.74, 6) is 0.965. The third kappa shape index (κ3) is 4.84. The number of nitrogens with one attached hydrogen (secondary N) is 1. The number of hydrogen-bond donors (Lipinski definition) is 1. The maximum atomic E-state index is 12.5. The Balaban J connectivity index is 1.45. The Kier molecular flexibility index (Phi) is 7.14. The van der Waals surface area contributed by atoms with Crippen LogP contribution in [0.1, 0.15) is 68.1 Å². The fraction of sp³-hybridized carbons (Fsp3) is 0.552. The van der Waals surface area contributed by atoms with E-state index in [9.17, 15) is 4.79 Å². The molecule has 1 N–H and O–H groups in total. The SMILES string of the molecule is COCc1cc(-c2[nH]c3ccc(C4CCN(C5CCOCC5)CC4)cc3c2C(C)C)cn(C)c1=O. The number of hydrogen-bond acceptors (Lipinski definition) is 4. The summed E-state index contributed by atoms with van der Waals surface area (Å²) in [7, 11) is 3.44. The average Bonchev–Trinajstić information content (AvgIpc) is 3.26. The Labute approximate surface area is 208 Å². The molecule has 2 aliphatic heterocycles. The number of nitrogens with zero attached hydrogens (tertiary/aromatic N) is 2. The molecule has 0 saturated carbocycles. The van der Waals surface area contributed by atoms with E-state index >= 15 is 0 Å². The van der Waals surface area contributed by atoms with Crippen LogP contribution in [0, 0.1) is 0 Å². The van der Waals surface area contributed by atoms with Crippen molar-refractivity contribution in [3.63, 3.8) is 0 Å². The second kappa shape index (κ2) is 10.3. The quantitative estimate of drug-likeness (QED) is 0.533. The zero-order valence-corrected chi connectivity index (χ0v) is 21.6. The summed E-state index contributed by atoms with van der Waals surface area (Å²) in [6.45, 7) is 9.02.